The molecule has 322 valence electrons. The summed E-state index contributed by atoms with van der Waals surface area (Å²) in [5.74, 6) is 0.0835. The van der Waals surface area contributed by atoms with E-state index in [1.165, 1.54) is 19.6 Å². The minimum Gasteiger partial charge on any atom is -0.469 e. The van der Waals surface area contributed by atoms with E-state index in [-0.39, 0.29) is 71.9 Å². The molecule has 59 heavy (non-hydrogen) atoms. The Kier molecular flexibility index (Phi) is 12.6. The summed E-state index contributed by atoms with van der Waals surface area (Å²) < 4.78 is 63.5. The lowest BCUT2D eigenvalue weighted by atomic mass is 9.56. The van der Waals surface area contributed by atoms with Gasteiger partial charge < -0.3 is 19.4 Å². The van der Waals surface area contributed by atoms with Crippen molar-refractivity contribution in [2.24, 2.45) is 17.8 Å². The third kappa shape index (κ3) is 8.86. The topological polar surface area (TPSA) is 93.7 Å². The molecule has 13 heteroatoms. The van der Waals surface area contributed by atoms with E-state index in [9.17, 15) is 18.0 Å². The Morgan fingerprint density at radius 1 is 0.864 bits per heavy atom. The summed E-state index contributed by atoms with van der Waals surface area (Å²) in [5.41, 5.74) is 0.642. The number of anilines is 1. The monoisotopic (exact) mass is 835 g/mol. The number of amides is 1. The van der Waals surface area contributed by atoms with Crippen molar-refractivity contribution in [3.8, 4) is 0 Å². The van der Waals surface area contributed by atoms with Crippen molar-refractivity contribution in [2.75, 3.05) is 97.1 Å². The van der Waals surface area contributed by atoms with Crippen molar-refractivity contribution < 1.29 is 31.5 Å². The minimum absolute atomic E-state index is 0.163. The van der Waals surface area contributed by atoms with Crippen molar-refractivity contribution in [1.29, 1.82) is 0 Å². The van der Waals surface area contributed by atoms with Gasteiger partial charge in [0.25, 0.3) is 5.91 Å². The second-order valence-corrected chi connectivity index (χ2v) is 20.9. The minimum atomic E-state index is -3.63. The number of nitrogens with zero attached hydrogens (tertiary/aromatic N) is 5. The van der Waals surface area contributed by atoms with E-state index in [1.54, 1.807) is 35.2 Å². The number of hydrogen-bond acceptors (Lipinski definition) is 9. The van der Waals surface area contributed by atoms with Gasteiger partial charge in [-0.15, -0.1) is 0 Å². The van der Waals surface area contributed by atoms with Crippen LogP contribution in [0.15, 0.2) is 65.6 Å². The maximum atomic E-state index is 16.3. The van der Waals surface area contributed by atoms with Crippen molar-refractivity contribution in [3.63, 3.8) is 0 Å². The van der Waals surface area contributed by atoms with E-state index >= 15 is 8.78 Å². The van der Waals surface area contributed by atoms with Crippen LogP contribution in [0.2, 0.25) is 0 Å². The molecule has 8 rings (SSSR count). The Morgan fingerprint density at radius 2 is 1.56 bits per heavy atom. The number of esters is 1. The Bertz CT molecular complexity index is 1940. The van der Waals surface area contributed by atoms with Crippen LogP contribution in [0, 0.1) is 23.6 Å². The highest BCUT2D eigenvalue weighted by Crippen LogP contribution is 2.54. The van der Waals surface area contributed by atoms with Gasteiger partial charge in [-0.3, -0.25) is 19.4 Å². The van der Waals surface area contributed by atoms with E-state index < -0.39 is 20.8 Å². The van der Waals surface area contributed by atoms with Gasteiger partial charge in [0, 0.05) is 55.8 Å². The highest BCUT2D eigenvalue weighted by atomic mass is 32.2. The number of ether oxygens (including phenoxy) is 1. The van der Waals surface area contributed by atoms with Gasteiger partial charge in [-0.1, -0.05) is 31.6 Å². The van der Waals surface area contributed by atoms with Crippen molar-refractivity contribution >= 4 is 27.4 Å². The van der Waals surface area contributed by atoms with Crippen molar-refractivity contribution in [1.82, 2.24) is 19.6 Å². The molecule has 0 bridgehead atoms. The zero-order valence-corrected chi connectivity index (χ0v) is 35.7. The fourth-order valence-corrected chi connectivity index (χ4v) is 13.1. The molecule has 2 aromatic rings. The summed E-state index contributed by atoms with van der Waals surface area (Å²) in [7, 11) is -2.17. The van der Waals surface area contributed by atoms with Crippen LogP contribution >= 0.6 is 0 Å². The number of carbonyl (C=O) groups is 2. The number of carbonyl (C=O) groups excluding carboxylic acids is 2. The quantitative estimate of drug-likeness (QED) is 0.165. The average Bonchev–Trinajstić information content (AvgIpc) is 3.65. The molecular weight excluding hydrogens is 773 g/mol. The molecular formula is C46H63F2N5O5S. The summed E-state index contributed by atoms with van der Waals surface area (Å²) in [4.78, 5) is 36.3. The third-order valence-corrected chi connectivity index (χ3v) is 16.9. The molecule has 1 aliphatic carbocycles. The van der Waals surface area contributed by atoms with Gasteiger partial charge in [0.05, 0.1) is 25.1 Å². The average molecular weight is 836 g/mol. The molecule has 3 atom stereocenters. The normalized spacial score (nSPS) is 25.7. The molecule has 0 unspecified atom stereocenters. The lowest BCUT2D eigenvalue weighted by molar-refractivity contribution is -0.142. The maximum Gasteiger partial charge on any atom is 0.305 e. The largest absolute Gasteiger partial charge is 0.469 e. The van der Waals surface area contributed by atoms with E-state index in [1.807, 2.05) is 11.0 Å². The van der Waals surface area contributed by atoms with Gasteiger partial charge in [0.15, 0.2) is 15.5 Å². The number of rotatable bonds is 15. The van der Waals surface area contributed by atoms with Crippen molar-refractivity contribution in [3.05, 3.63) is 72.1 Å². The summed E-state index contributed by atoms with van der Waals surface area (Å²) in [6.45, 7) is 12.0. The fourth-order valence-electron chi connectivity index (χ4n) is 11.5. The van der Waals surface area contributed by atoms with Gasteiger partial charge in [0.1, 0.15) is 11.1 Å². The number of halogens is 2. The molecule has 1 amide bonds. The lowest BCUT2D eigenvalue weighted by Crippen LogP contribution is -2.64. The summed E-state index contributed by atoms with van der Waals surface area (Å²) in [6, 6.07) is 13.9. The van der Waals surface area contributed by atoms with E-state index in [0.717, 1.165) is 108 Å². The predicted molar refractivity (Wildman–Crippen MR) is 225 cm³/mol. The zero-order valence-electron chi connectivity index (χ0n) is 34.8. The molecule has 6 fully saturated rings. The smallest absolute Gasteiger partial charge is 0.305 e. The number of methoxy groups -OCH3 is 1. The summed E-state index contributed by atoms with van der Waals surface area (Å²) >= 11 is 0. The van der Waals surface area contributed by atoms with Gasteiger partial charge in [-0.05, 0) is 144 Å². The Morgan fingerprint density at radius 3 is 2.20 bits per heavy atom. The first-order valence-corrected chi connectivity index (χ1v) is 23.7. The van der Waals surface area contributed by atoms with Gasteiger partial charge in [-0.2, -0.15) is 0 Å². The third-order valence-electron chi connectivity index (χ3n) is 14.8. The Labute approximate surface area is 349 Å². The van der Waals surface area contributed by atoms with Gasteiger partial charge in [-0.25, -0.2) is 17.2 Å². The van der Waals surface area contributed by atoms with Crippen LogP contribution in [-0.2, 0) is 29.6 Å². The summed E-state index contributed by atoms with van der Waals surface area (Å²) in [6.07, 6.45) is 9.76. The molecule has 5 aliphatic heterocycles. The Hall–Kier alpha value is -3.39. The van der Waals surface area contributed by atoms with Crippen LogP contribution in [0.1, 0.15) is 69.8 Å². The second-order valence-electron chi connectivity index (χ2n) is 18.6. The lowest BCUT2D eigenvalue weighted by Gasteiger charge is -2.54. The molecule has 2 aromatic carbocycles. The molecule has 6 aliphatic rings. The van der Waals surface area contributed by atoms with Crippen LogP contribution in [0.25, 0.3) is 0 Å². The molecule has 5 heterocycles. The Balaban J connectivity index is 0.863. The first-order chi connectivity index (χ1) is 28.4. The summed E-state index contributed by atoms with van der Waals surface area (Å²) in [5, 5.41) is -0.652. The molecule has 0 N–H and O–H groups in total. The number of hydrogen-bond donors (Lipinski definition) is 0. The zero-order chi connectivity index (χ0) is 41.4. The number of piperidine rings is 2. The number of benzene rings is 2. The fraction of sp³-hybridized carbons (Fsp3) is 0.652. The highest BCUT2D eigenvalue weighted by molar-refractivity contribution is 7.92. The molecule has 0 aromatic heterocycles. The van der Waals surface area contributed by atoms with Gasteiger partial charge in [0.2, 0.25) is 0 Å². The maximum absolute atomic E-state index is 16.3. The van der Waals surface area contributed by atoms with Gasteiger partial charge >= 0.3 is 5.97 Å². The number of alkyl halides is 1. The van der Waals surface area contributed by atoms with Crippen LogP contribution in [0.5, 0.6) is 0 Å². The molecule has 5 saturated heterocycles. The number of likely N-dealkylation sites (tertiary alicyclic amines) is 4. The van der Waals surface area contributed by atoms with Crippen LogP contribution in [-0.4, -0.2) is 143 Å². The molecule has 0 spiro atoms. The number of sulfone groups is 1. The van der Waals surface area contributed by atoms with Crippen LogP contribution < -0.4 is 4.90 Å². The first-order valence-electron chi connectivity index (χ1n) is 22.1. The molecule has 10 nitrogen and oxygen atoms in total. The van der Waals surface area contributed by atoms with Crippen molar-refractivity contribution in [2.45, 2.75) is 85.4 Å². The molecule has 1 saturated carbocycles. The van der Waals surface area contributed by atoms with E-state index in [4.69, 9.17) is 4.74 Å². The predicted octanol–water partition coefficient (Wildman–Crippen LogP) is 5.72. The molecule has 0 radical (unpaired) electrons. The SMILES string of the molecule is C=C(CN1CCCCC1)C(=O)N1CC(S(=O)(=O)c2ccc(N3CC(F)(CN4CCC([C@@](CN5CCC5)(c5cccc(F)c5)[C@H]5CCC[C@@H]5CC(=O)OC)CC4)C3)cc2)C1. The second kappa shape index (κ2) is 17.5. The van der Waals surface area contributed by atoms with Crippen LogP contribution in [0.3, 0.4) is 0 Å². The first kappa shape index (κ1) is 42.3. The van der Waals surface area contributed by atoms with Crippen LogP contribution in [0.4, 0.5) is 14.5 Å². The highest BCUT2D eigenvalue weighted by Gasteiger charge is 2.54. The van der Waals surface area contributed by atoms with E-state index in [0.29, 0.717) is 25.1 Å². The standard InChI is InChI=1S/C46H63F2N5O5S/c1-34(27-49-19-4-3-5-20-49)44(55)52-28-41(29-52)59(56,57)40-15-13-39(14-16-40)53-31-45(48,32-53)30-51-23-17-36(18-24-51)46(33-50-21-8-22-50,37-10-7-11-38(47)26-37)42-12-6-9-35(42)25-43(54)58-2/h7,10-11,13-16,26,35-36,41-42H,1,3-6,8-9,12,17-25,27-33H2,2H3/t35-,42+,46+/m1/s1. The van der Waals surface area contributed by atoms with E-state index in [2.05, 4.69) is 27.3 Å².